The fourth-order valence-corrected chi connectivity index (χ4v) is 2.01. The quantitative estimate of drug-likeness (QED) is 0.805. The molecule has 1 rings (SSSR count). The van der Waals surface area contributed by atoms with Gasteiger partial charge in [0.1, 0.15) is 6.61 Å². The number of nitrogens with one attached hydrogen (secondary N) is 1. The van der Waals surface area contributed by atoms with Gasteiger partial charge in [0.2, 0.25) is 5.91 Å². The molecule has 0 saturated heterocycles. The Hall–Kier alpha value is -0.870. The molecule has 0 aliphatic rings. The Morgan fingerprint density at radius 3 is 3.07 bits per heavy atom. The van der Waals surface area contributed by atoms with E-state index in [0.717, 1.165) is 6.42 Å². The summed E-state index contributed by atoms with van der Waals surface area (Å²) in [5, 5.41) is 7.04. The largest absolute Gasteiger partial charge is 0.372 e. The molecule has 1 heterocycles. The first kappa shape index (κ1) is 12.2. The Bertz CT molecular complexity index is 285. The zero-order chi connectivity index (χ0) is 11.1. The number of rotatable bonds is 6. The van der Waals surface area contributed by atoms with Crippen molar-refractivity contribution in [1.82, 2.24) is 5.32 Å². The average Bonchev–Trinajstić information content (AvgIpc) is 2.67. The summed E-state index contributed by atoms with van der Waals surface area (Å²) in [5.74, 6) is -0.0421. The number of amides is 1. The van der Waals surface area contributed by atoms with Crippen molar-refractivity contribution in [2.24, 2.45) is 0 Å². The monoisotopic (exact) mass is 227 g/mol. The van der Waals surface area contributed by atoms with E-state index in [-0.39, 0.29) is 18.6 Å². The molecule has 3 nitrogen and oxygen atoms in total. The van der Waals surface area contributed by atoms with Gasteiger partial charge in [0.15, 0.2) is 0 Å². The summed E-state index contributed by atoms with van der Waals surface area (Å²) in [7, 11) is 0. The molecular formula is C11H17NO2S. The van der Waals surface area contributed by atoms with Gasteiger partial charge in [0, 0.05) is 12.6 Å². The third-order valence-electron chi connectivity index (χ3n) is 1.97. The normalized spacial score (nSPS) is 12.4. The van der Waals surface area contributed by atoms with E-state index in [1.807, 2.05) is 19.2 Å². The summed E-state index contributed by atoms with van der Waals surface area (Å²) in [6, 6.07) is 2.24. The molecule has 1 amide bonds. The van der Waals surface area contributed by atoms with Crippen LogP contribution >= 0.6 is 11.3 Å². The molecule has 0 spiro atoms. The molecule has 0 bridgehead atoms. The third kappa shape index (κ3) is 4.95. The van der Waals surface area contributed by atoms with Crippen LogP contribution in [0.1, 0.15) is 19.4 Å². The first-order valence-corrected chi connectivity index (χ1v) is 6.04. The smallest absolute Gasteiger partial charge is 0.246 e. The van der Waals surface area contributed by atoms with Crippen LogP contribution in [0.3, 0.4) is 0 Å². The molecule has 15 heavy (non-hydrogen) atoms. The van der Waals surface area contributed by atoms with Crippen molar-refractivity contribution in [3.63, 3.8) is 0 Å². The van der Waals surface area contributed by atoms with Gasteiger partial charge >= 0.3 is 0 Å². The number of hydrogen-bond donors (Lipinski definition) is 1. The van der Waals surface area contributed by atoms with E-state index in [0.29, 0.717) is 6.61 Å². The molecule has 4 heteroatoms. The minimum absolute atomic E-state index is 0.0421. The van der Waals surface area contributed by atoms with E-state index in [1.165, 1.54) is 5.56 Å². The predicted molar refractivity (Wildman–Crippen MR) is 62.1 cm³/mol. The van der Waals surface area contributed by atoms with Crippen LogP contribution in [0.4, 0.5) is 0 Å². The first-order chi connectivity index (χ1) is 7.22. The lowest BCUT2D eigenvalue weighted by Gasteiger charge is -2.12. The Balaban J connectivity index is 2.23. The maximum Gasteiger partial charge on any atom is 0.246 e. The second kappa shape index (κ2) is 6.58. The molecule has 0 saturated carbocycles. The van der Waals surface area contributed by atoms with E-state index >= 15 is 0 Å². The van der Waals surface area contributed by atoms with Gasteiger partial charge in [-0.1, -0.05) is 0 Å². The highest BCUT2D eigenvalue weighted by Gasteiger charge is 2.07. The Morgan fingerprint density at radius 2 is 2.47 bits per heavy atom. The minimum Gasteiger partial charge on any atom is -0.372 e. The minimum atomic E-state index is -0.0421. The van der Waals surface area contributed by atoms with E-state index in [9.17, 15) is 4.79 Å². The predicted octanol–water partition coefficient (Wildman–Crippen LogP) is 1.83. The van der Waals surface area contributed by atoms with E-state index < -0.39 is 0 Å². The second-order valence-electron chi connectivity index (χ2n) is 3.44. The zero-order valence-electron chi connectivity index (χ0n) is 9.16. The van der Waals surface area contributed by atoms with Gasteiger partial charge in [-0.15, -0.1) is 0 Å². The Labute approximate surface area is 94.5 Å². The molecule has 0 fully saturated rings. The summed E-state index contributed by atoms with van der Waals surface area (Å²) in [6.45, 7) is 4.61. The molecule has 0 radical (unpaired) electrons. The average molecular weight is 227 g/mol. The highest BCUT2D eigenvalue weighted by molar-refractivity contribution is 7.07. The van der Waals surface area contributed by atoms with Gasteiger partial charge in [-0.3, -0.25) is 4.79 Å². The molecule has 0 aromatic carbocycles. The van der Waals surface area contributed by atoms with Crippen LogP contribution in [0, 0.1) is 0 Å². The van der Waals surface area contributed by atoms with Gasteiger partial charge in [0.25, 0.3) is 0 Å². The first-order valence-electron chi connectivity index (χ1n) is 5.10. The van der Waals surface area contributed by atoms with Crippen molar-refractivity contribution in [1.29, 1.82) is 0 Å². The lowest BCUT2D eigenvalue weighted by atomic mass is 10.1. The molecule has 1 atom stereocenters. The van der Waals surface area contributed by atoms with Gasteiger partial charge in [-0.25, -0.2) is 0 Å². The topological polar surface area (TPSA) is 38.3 Å². The number of thiophene rings is 1. The molecule has 0 aliphatic carbocycles. The zero-order valence-corrected chi connectivity index (χ0v) is 9.97. The Kier molecular flexibility index (Phi) is 5.36. The van der Waals surface area contributed by atoms with Crippen molar-refractivity contribution in [3.8, 4) is 0 Å². The van der Waals surface area contributed by atoms with Crippen LogP contribution in [-0.4, -0.2) is 25.2 Å². The van der Waals surface area contributed by atoms with Crippen LogP contribution in [-0.2, 0) is 16.0 Å². The summed E-state index contributed by atoms with van der Waals surface area (Å²) in [4.78, 5) is 11.3. The van der Waals surface area contributed by atoms with Crippen LogP contribution in [0.5, 0.6) is 0 Å². The number of ether oxygens (including phenoxy) is 1. The molecule has 0 aliphatic heterocycles. The molecule has 1 unspecified atom stereocenters. The van der Waals surface area contributed by atoms with Crippen LogP contribution in [0.25, 0.3) is 0 Å². The fraction of sp³-hybridized carbons (Fsp3) is 0.545. The summed E-state index contributed by atoms with van der Waals surface area (Å²) >= 11 is 1.68. The number of hydrogen-bond acceptors (Lipinski definition) is 3. The van der Waals surface area contributed by atoms with E-state index in [1.54, 1.807) is 11.3 Å². The van der Waals surface area contributed by atoms with E-state index in [2.05, 4.69) is 16.8 Å². The summed E-state index contributed by atoms with van der Waals surface area (Å²) in [6.07, 6.45) is 0.876. The van der Waals surface area contributed by atoms with Crippen molar-refractivity contribution >= 4 is 17.2 Å². The van der Waals surface area contributed by atoms with Crippen molar-refractivity contribution in [2.75, 3.05) is 13.2 Å². The third-order valence-corrected chi connectivity index (χ3v) is 2.70. The lowest BCUT2D eigenvalue weighted by molar-refractivity contribution is -0.126. The molecular weight excluding hydrogens is 210 g/mol. The van der Waals surface area contributed by atoms with Gasteiger partial charge < -0.3 is 10.1 Å². The maximum absolute atomic E-state index is 11.3. The highest BCUT2D eigenvalue weighted by Crippen LogP contribution is 2.08. The van der Waals surface area contributed by atoms with E-state index in [4.69, 9.17) is 4.74 Å². The molecule has 1 N–H and O–H groups in total. The maximum atomic E-state index is 11.3. The number of carbonyl (C=O) groups is 1. The van der Waals surface area contributed by atoms with Crippen LogP contribution in [0.2, 0.25) is 0 Å². The molecule has 84 valence electrons. The SMILES string of the molecule is CCOCC(=O)NC(C)Cc1ccsc1. The standard InChI is InChI=1S/C11H17NO2S/c1-3-14-7-11(13)12-9(2)6-10-4-5-15-8-10/h4-5,8-9H,3,6-7H2,1-2H3,(H,12,13). The van der Waals surface area contributed by atoms with Crippen molar-refractivity contribution < 1.29 is 9.53 Å². The van der Waals surface area contributed by atoms with Crippen molar-refractivity contribution in [3.05, 3.63) is 22.4 Å². The second-order valence-corrected chi connectivity index (χ2v) is 4.22. The molecule has 1 aromatic rings. The van der Waals surface area contributed by atoms with Gasteiger partial charge in [-0.2, -0.15) is 11.3 Å². The molecule has 1 aromatic heterocycles. The van der Waals surface area contributed by atoms with Gasteiger partial charge in [0.05, 0.1) is 0 Å². The highest BCUT2D eigenvalue weighted by atomic mass is 32.1. The summed E-state index contributed by atoms with van der Waals surface area (Å²) in [5.41, 5.74) is 1.27. The van der Waals surface area contributed by atoms with Gasteiger partial charge in [-0.05, 0) is 42.7 Å². The lowest BCUT2D eigenvalue weighted by Crippen LogP contribution is -2.36. The van der Waals surface area contributed by atoms with Crippen molar-refractivity contribution in [2.45, 2.75) is 26.3 Å². The summed E-state index contributed by atoms with van der Waals surface area (Å²) < 4.78 is 5.02. The fourth-order valence-electron chi connectivity index (χ4n) is 1.32. The van der Waals surface area contributed by atoms with Crippen LogP contribution in [0.15, 0.2) is 16.8 Å². The Morgan fingerprint density at radius 1 is 1.67 bits per heavy atom. The van der Waals surface area contributed by atoms with Crippen LogP contribution < -0.4 is 5.32 Å². The number of carbonyl (C=O) groups excluding carboxylic acids is 1.